The van der Waals surface area contributed by atoms with Crippen molar-refractivity contribution in [2.24, 2.45) is 0 Å². The number of hydrogen-bond acceptors (Lipinski definition) is 5. The molecule has 2 amide bonds. The molecule has 0 saturated carbocycles. The van der Waals surface area contributed by atoms with Crippen LogP contribution >= 0.6 is 11.3 Å². The summed E-state index contributed by atoms with van der Waals surface area (Å²) >= 11 is 1.64. The zero-order chi connectivity index (χ0) is 21.1. The lowest BCUT2D eigenvalue weighted by Gasteiger charge is -2.33. The van der Waals surface area contributed by atoms with Gasteiger partial charge in [-0.3, -0.25) is 19.0 Å². The number of aryl methyl sites for hydroxylation is 3. The fraction of sp³-hybridized carbons (Fsp3) is 0.636. The van der Waals surface area contributed by atoms with E-state index in [9.17, 15) is 14.4 Å². The smallest absolute Gasteiger partial charge is 0.262 e. The van der Waals surface area contributed by atoms with E-state index in [1.165, 1.54) is 16.9 Å². The highest BCUT2D eigenvalue weighted by molar-refractivity contribution is 7.18. The van der Waals surface area contributed by atoms with E-state index in [0.29, 0.717) is 26.1 Å². The number of fused-ring (bicyclic) bond motifs is 3. The van der Waals surface area contributed by atoms with Crippen molar-refractivity contribution in [2.75, 3.05) is 13.1 Å². The number of thiophene rings is 1. The van der Waals surface area contributed by atoms with Gasteiger partial charge < -0.3 is 10.2 Å². The van der Waals surface area contributed by atoms with Crippen LogP contribution in [-0.4, -0.2) is 45.4 Å². The third kappa shape index (κ3) is 4.43. The van der Waals surface area contributed by atoms with Gasteiger partial charge in [0.1, 0.15) is 4.83 Å². The largest absolute Gasteiger partial charge is 0.352 e. The Morgan fingerprint density at radius 3 is 2.90 bits per heavy atom. The van der Waals surface area contributed by atoms with Crippen LogP contribution in [0.15, 0.2) is 11.1 Å². The van der Waals surface area contributed by atoms with Crippen LogP contribution in [0.3, 0.4) is 0 Å². The van der Waals surface area contributed by atoms with Gasteiger partial charge in [0, 0.05) is 43.4 Å². The lowest BCUT2D eigenvalue weighted by molar-refractivity contribution is -0.133. The lowest BCUT2D eigenvalue weighted by atomic mass is 9.97. The topological polar surface area (TPSA) is 84.3 Å². The van der Waals surface area contributed by atoms with E-state index in [2.05, 4.69) is 10.3 Å². The Labute approximate surface area is 180 Å². The Morgan fingerprint density at radius 1 is 1.23 bits per heavy atom. The Kier molecular flexibility index (Phi) is 6.51. The van der Waals surface area contributed by atoms with Gasteiger partial charge >= 0.3 is 0 Å². The Bertz CT molecular complexity index is 996. The van der Waals surface area contributed by atoms with E-state index in [1.54, 1.807) is 22.2 Å². The van der Waals surface area contributed by atoms with Crippen molar-refractivity contribution in [1.82, 2.24) is 19.8 Å². The van der Waals surface area contributed by atoms with Gasteiger partial charge in [-0.2, -0.15) is 0 Å². The monoisotopic (exact) mass is 430 g/mol. The standard InChI is InChI=1S/C22H30N4O3S/c1-2-6-18(27)24-15-7-5-11-25(13-15)19(28)10-12-26-14-23-21-20(22(26)29)16-8-3-4-9-17(16)30-21/h14-15H,2-13H2,1H3,(H,24,27). The number of piperidine rings is 1. The molecule has 2 aliphatic rings. The van der Waals surface area contributed by atoms with E-state index in [4.69, 9.17) is 0 Å². The number of nitrogens with zero attached hydrogens (tertiary/aromatic N) is 3. The molecule has 0 aromatic carbocycles. The Morgan fingerprint density at radius 2 is 2.07 bits per heavy atom. The van der Waals surface area contributed by atoms with Crippen LogP contribution in [0.5, 0.6) is 0 Å². The highest BCUT2D eigenvalue weighted by Gasteiger charge is 2.25. The number of hydrogen-bond donors (Lipinski definition) is 1. The average molecular weight is 431 g/mol. The van der Waals surface area contributed by atoms with E-state index in [0.717, 1.165) is 48.7 Å². The van der Waals surface area contributed by atoms with Crippen molar-refractivity contribution in [3.05, 3.63) is 27.1 Å². The number of carbonyl (C=O) groups is 2. The molecule has 2 aromatic rings. The summed E-state index contributed by atoms with van der Waals surface area (Å²) in [6.07, 6.45) is 9.29. The number of rotatable bonds is 6. The average Bonchev–Trinajstić information content (AvgIpc) is 3.13. The fourth-order valence-corrected chi connectivity index (χ4v) is 5.78. The van der Waals surface area contributed by atoms with Gasteiger partial charge in [0.25, 0.3) is 5.56 Å². The van der Waals surface area contributed by atoms with Gasteiger partial charge in [-0.15, -0.1) is 11.3 Å². The summed E-state index contributed by atoms with van der Waals surface area (Å²) in [5.41, 5.74) is 1.16. The first-order valence-corrected chi connectivity index (χ1v) is 11.9. The molecule has 0 radical (unpaired) electrons. The van der Waals surface area contributed by atoms with Crippen molar-refractivity contribution in [2.45, 2.75) is 77.3 Å². The zero-order valence-corrected chi connectivity index (χ0v) is 18.4. The van der Waals surface area contributed by atoms with E-state index >= 15 is 0 Å². The first-order chi connectivity index (χ1) is 14.6. The SMILES string of the molecule is CCCC(=O)NC1CCCN(C(=O)CCn2cnc3sc4c(c3c2=O)CCCC4)C1. The Hall–Kier alpha value is -2.22. The molecule has 30 heavy (non-hydrogen) atoms. The first-order valence-electron chi connectivity index (χ1n) is 11.1. The molecule has 1 aliphatic heterocycles. The van der Waals surface area contributed by atoms with Gasteiger partial charge in [0.15, 0.2) is 0 Å². The molecule has 1 fully saturated rings. The fourth-order valence-electron chi connectivity index (χ4n) is 4.56. The molecule has 1 aliphatic carbocycles. The van der Waals surface area contributed by atoms with Gasteiger partial charge in [-0.05, 0) is 50.5 Å². The van der Waals surface area contributed by atoms with Gasteiger partial charge in [-0.1, -0.05) is 6.92 Å². The first kappa shape index (κ1) is 21.0. The number of carbonyl (C=O) groups excluding carboxylic acids is 2. The van der Waals surface area contributed by atoms with Crippen LogP contribution in [-0.2, 0) is 29.0 Å². The summed E-state index contributed by atoms with van der Waals surface area (Å²) in [7, 11) is 0. The van der Waals surface area contributed by atoms with Crippen molar-refractivity contribution < 1.29 is 9.59 Å². The van der Waals surface area contributed by atoms with Crippen LogP contribution in [0.25, 0.3) is 10.2 Å². The molecule has 1 N–H and O–H groups in total. The summed E-state index contributed by atoms with van der Waals surface area (Å²) in [5, 5.41) is 3.80. The summed E-state index contributed by atoms with van der Waals surface area (Å²) < 4.78 is 1.59. The second-order valence-electron chi connectivity index (χ2n) is 8.38. The van der Waals surface area contributed by atoms with Crippen molar-refractivity contribution in [1.29, 1.82) is 0 Å². The van der Waals surface area contributed by atoms with Crippen molar-refractivity contribution in [3.63, 3.8) is 0 Å². The quantitative estimate of drug-likeness (QED) is 0.764. The molecule has 7 nitrogen and oxygen atoms in total. The molecule has 0 spiro atoms. The second kappa shape index (κ2) is 9.29. The Balaban J connectivity index is 1.40. The van der Waals surface area contributed by atoms with E-state index in [1.807, 2.05) is 11.8 Å². The summed E-state index contributed by atoms with van der Waals surface area (Å²) in [6.45, 7) is 3.59. The molecule has 0 bridgehead atoms. The summed E-state index contributed by atoms with van der Waals surface area (Å²) in [4.78, 5) is 46.1. The molecular weight excluding hydrogens is 400 g/mol. The van der Waals surface area contributed by atoms with Crippen LogP contribution in [0.2, 0.25) is 0 Å². The molecule has 4 rings (SSSR count). The second-order valence-corrected chi connectivity index (χ2v) is 9.46. The minimum atomic E-state index is -0.0180. The van der Waals surface area contributed by atoms with Crippen LogP contribution in [0.1, 0.15) is 62.3 Å². The minimum Gasteiger partial charge on any atom is -0.352 e. The van der Waals surface area contributed by atoms with Crippen LogP contribution in [0, 0.1) is 0 Å². The number of amides is 2. The molecule has 1 atom stereocenters. The highest BCUT2D eigenvalue weighted by Crippen LogP contribution is 2.33. The van der Waals surface area contributed by atoms with Gasteiger partial charge in [-0.25, -0.2) is 4.98 Å². The zero-order valence-electron chi connectivity index (χ0n) is 17.6. The number of aromatic nitrogens is 2. The third-order valence-electron chi connectivity index (χ3n) is 6.12. The minimum absolute atomic E-state index is 0.0180. The molecule has 1 saturated heterocycles. The molecule has 8 heteroatoms. The van der Waals surface area contributed by atoms with Crippen molar-refractivity contribution >= 4 is 33.4 Å². The predicted octanol–water partition coefficient (Wildman–Crippen LogP) is 2.63. The number of nitrogens with one attached hydrogen (secondary N) is 1. The van der Waals surface area contributed by atoms with Crippen LogP contribution in [0.4, 0.5) is 0 Å². The van der Waals surface area contributed by atoms with Crippen LogP contribution < -0.4 is 10.9 Å². The third-order valence-corrected chi connectivity index (χ3v) is 7.32. The molecule has 3 heterocycles. The molecule has 162 valence electrons. The van der Waals surface area contributed by atoms with Crippen molar-refractivity contribution in [3.8, 4) is 0 Å². The summed E-state index contributed by atoms with van der Waals surface area (Å²) in [5.74, 6) is 0.0885. The number of likely N-dealkylation sites (tertiary alicyclic amines) is 1. The maximum Gasteiger partial charge on any atom is 0.262 e. The van der Waals surface area contributed by atoms with Gasteiger partial charge in [0.05, 0.1) is 11.7 Å². The normalized spacial score (nSPS) is 19.0. The maximum absolute atomic E-state index is 13.0. The lowest BCUT2D eigenvalue weighted by Crippen LogP contribution is -2.49. The summed E-state index contributed by atoms with van der Waals surface area (Å²) in [6, 6.07) is 0.0276. The molecule has 1 unspecified atom stereocenters. The maximum atomic E-state index is 13.0. The highest BCUT2D eigenvalue weighted by atomic mass is 32.1. The van der Waals surface area contributed by atoms with Gasteiger partial charge in [0.2, 0.25) is 11.8 Å². The van der Waals surface area contributed by atoms with E-state index in [-0.39, 0.29) is 29.8 Å². The molecular formula is C22H30N4O3S. The predicted molar refractivity (Wildman–Crippen MR) is 118 cm³/mol. The molecule has 2 aromatic heterocycles. The van der Waals surface area contributed by atoms with E-state index < -0.39 is 0 Å².